The fourth-order valence-electron chi connectivity index (χ4n) is 1.79. The highest BCUT2D eigenvalue weighted by atomic mass is 35.5. The van der Waals surface area contributed by atoms with Crippen LogP contribution in [0.4, 0.5) is 4.39 Å². The maximum Gasteiger partial charge on any atom is 0.160 e. The van der Waals surface area contributed by atoms with Gasteiger partial charge in [-0.2, -0.15) is 4.68 Å². The number of hydrogen-bond donors (Lipinski definition) is 0. The quantitative estimate of drug-likeness (QED) is 0.667. The molecule has 0 fully saturated rings. The largest absolute Gasteiger partial charge is 0.234 e. The molecular weight excluding hydrogens is 255 g/mol. The van der Waals surface area contributed by atoms with Crippen molar-refractivity contribution in [3.05, 3.63) is 47.9 Å². The van der Waals surface area contributed by atoms with Gasteiger partial charge in [-0.3, -0.25) is 0 Å². The van der Waals surface area contributed by atoms with E-state index in [1.54, 1.807) is 4.68 Å². The Hall–Kier alpha value is -2.01. The summed E-state index contributed by atoms with van der Waals surface area (Å²) in [6.07, 6.45) is 1.14. The molecule has 0 aliphatic rings. The molecule has 0 saturated carbocycles. The molecule has 1 aromatic carbocycles. The van der Waals surface area contributed by atoms with Crippen LogP contribution >= 0.6 is 11.6 Å². The minimum atomic E-state index is -0.418. The molecule has 2 heterocycles. The summed E-state index contributed by atoms with van der Waals surface area (Å²) in [5.41, 5.74) is 2.14. The van der Waals surface area contributed by atoms with Gasteiger partial charge < -0.3 is 0 Å². The van der Waals surface area contributed by atoms with Gasteiger partial charge >= 0.3 is 0 Å². The van der Waals surface area contributed by atoms with Crippen LogP contribution in [0.5, 0.6) is 0 Å². The normalized spacial score (nSPS) is 11.0. The van der Waals surface area contributed by atoms with Gasteiger partial charge in [0.05, 0.1) is 17.6 Å². The summed E-state index contributed by atoms with van der Waals surface area (Å²) >= 11 is 5.80. The Morgan fingerprint density at radius 3 is 2.94 bits per heavy atom. The molecule has 0 N–H and O–H groups in total. The molecule has 0 atom stereocenters. The average Bonchev–Trinajstić information content (AvgIpc) is 2.82. The molecule has 18 heavy (non-hydrogen) atoms. The van der Waals surface area contributed by atoms with Gasteiger partial charge in [0, 0.05) is 5.56 Å². The monoisotopic (exact) mass is 262 g/mol. The van der Waals surface area contributed by atoms with Crippen molar-refractivity contribution >= 4 is 22.6 Å². The number of halogens is 2. The number of benzene rings is 1. The summed E-state index contributed by atoms with van der Waals surface area (Å²) in [4.78, 5) is 4.04. The Morgan fingerprint density at radius 2 is 2.11 bits per heavy atom. The zero-order chi connectivity index (χ0) is 12.5. The van der Waals surface area contributed by atoms with Crippen LogP contribution in [0.2, 0.25) is 0 Å². The first-order valence-corrected chi connectivity index (χ1v) is 5.84. The molecular formula is C12H8ClFN4. The Kier molecular flexibility index (Phi) is 2.68. The van der Waals surface area contributed by atoms with Gasteiger partial charge in [0.2, 0.25) is 0 Å². The summed E-state index contributed by atoms with van der Waals surface area (Å²) in [7, 11) is 0. The van der Waals surface area contributed by atoms with Crippen molar-refractivity contribution in [1.29, 1.82) is 0 Å². The molecule has 3 aromatic rings. The number of alkyl halides is 1. The molecule has 0 spiro atoms. The second-order valence-corrected chi connectivity index (χ2v) is 4.03. The number of rotatable bonds is 2. The Balaban J connectivity index is 2.26. The Bertz CT molecular complexity index is 710. The lowest BCUT2D eigenvalue weighted by Crippen LogP contribution is -2.04. The Morgan fingerprint density at radius 1 is 1.28 bits per heavy atom. The van der Waals surface area contributed by atoms with Crippen LogP contribution in [-0.2, 0) is 5.88 Å². The van der Waals surface area contributed by atoms with Crippen molar-refractivity contribution in [3.63, 3.8) is 0 Å². The van der Waals surface area contributed by atoms with Crippen LogP contribution in [0.15, 0.2) is 36.5 Å². The van der Waals surface area contributed by atoms with Gasteiger partial charge in [0.15, 0.2) is 5.82 Å². The van der Waals surface area contributed by atoms with Crippen LogP contribution < -0.4 is 0 Å². The summed E-state index contributed by atoms with van der Waals surface area (Å²) in [6, 6.07) is 8.83. The molecule has 0 radical (unpaired) electrons. The number of para-hydroxylation sites is 1. The third-order valence-electron chi connectivity index (χ3n) is 2.61. The van der Waals surface area contributed by atoms with Crippen molar-refractivity contribution in [2.45, 2.75) is 5.88 Å². The molecule has 90 valence electrons. The van der Waals surface area contributed by atoms with Crippen LogP contribution in [0, 0.1) is 5.82 Å². The minimum Gasteiger partial charge on any atom is -0.234 e. The van der Waals surface area contributed by atoms with E-state index in [0.29, 0.717) is 11.4 Å². The highest BCUT2D eigenvalue weighted by Crippen LogP contribution is 2.19. The van der Waals surface area contributed by atoms with Crippen LogP contribution in [-0.4, -0.2) is 20.0 Å². The molecule has 2 aromatic heterocycles. The fourth-order valence-corrected chi connectivity index (χ4v) is 1.99. The summed E-state index contributed by atoms with van der Waals surface area (Å²) in [6.45, 7) is 0. The second kappa shape index (κ2) is 4.34. The molecule has 4 nitrogen and oxygen atoms in total. The summed E-state index contributed by atoms with van der Waals surface area (Å²) < 4.78 is 14.7. The van der Waals surface area contributed by atoms with Gasteiger partial charge in [-0.05, 0) is 18.2 Å². The molecule has 0 amide bonds. The zero-order valence-electron chi connectivity index (χ0n) is 9.22. The topological polar surface area (TPSA) is 43.6 Å². The first-order valence-electron chi connectivity index (χ1n) is 5.31. The third kappa shape index (κ3) is 1.73. The molecule has 0 aliphatic heterocycles. The van der Waals surface area contributed by atoms with E-state index in [2.05, 4.69) is 15.3 Å². The lowest BCUT2D eigenvalue weighted by Gasteiger charge is -2.06. The van der Waals surface area contributed by atoms with E-state index in [0.717, 1.165) is 17.2 Å². The number of nitrogens with zero attached hydrogens (tertiary/aromatic N) is 4. The number of aromatic nitrogens is 4. The maximum atomic E-state index is 13.1. The number of hydrogen-bond acceptors (Lipinski definition) is 3. The number of pyridine rings is 1. The smallest absolute Gasteiger partial charge is 0.160 e. The predicted molar refractivity (Wildman–Crippen MR) is 66.2 cm³/mol. The van der Waals surface area contributed by atoms with Crippen molar-refractivity contribution in [2.75, 3.05) is 0 Å². The van der Waals surface area contributed by atoms with Crippen LogP contribution in [0.1, 0.15) is 5.56 Å². The van der Waals surface area contributed by atoms with E-state index in [1.165, 1.54) is 6.07 Å². The zero-order valence-corrected chi connectivity index (χ0v) is 9.97. The molecule has 6 heteroatoms. The molecule has 0 aliphatic carbocycles. The predicted octanol–water partition coefficient (Wildman–Crippen LogP) is 2.69. The SMILES string of the molecule is Fc1cnc(-n2nnc3ccccc32)c(CCl)c1. The van der Waals surface area contributed by atoms with E-state index in [1.807, 2.05) is 24.3 Å². The van der Waals surface area contributed by atoms with Crippen molar-refractivity contribution in [1.82, 2.24) is 20.0 Å². The number of fused-ring (bicyclic) bond motifs is 1. The highest BCUT2D eigenvalue weighted by molar-refractivity contribution is 6.17. The molecule has 0 saturated heterocycles. The maximum absolute atomic E-state index is 13.1. The van der Waals surface area contributed by atoms with E-state index < -0.39 is 5.82 Å². The first kappa shape index (κ1) is 11.1. The minimum absolute atomic E-state index is 0.161. The van der Waals surface area contributed by atoms with E-state index in [4.69, 9.17) is 11.6 Å². The highest BCUT2D eigenvalue weighted by Gasteiger charge is 2.11. The van der Waals surface area contributed by atoms with Crippen LogP contribution in [0.3, 0.4) is 0 Å². The molecule has 3 rings (SSSR count). The summed E-state index contributed by atoms with van der Waals surface area (Å²) in [5.74, 6) is 0.243. The van der Waals surface area contributed by atoms with E-state index in [-0.39, 0.29) is 5.88 Å². The molecule has 0 unspecified atom stereocenters. The second-order valence-electron chi connectivity index (χ2n) is 3.76. The van der Waals surface area contributed by atoms with Crippen molar-refractivity contribution in [2.24, 2.45) is 0 Å². The lowest BCUT2D eigenvalue weighted by atomic mass is 10.2. The lowest BCUT2D eigenvalue weighted by molar-refractivity contribution is 0.616. The van der Waals surface area contributed by atoms with Gasteiger partial charge in [-0.15, -0.1) is 16.7 Å². The van der Waals surface area contributed by atoms with Crippen molar-refractivity contribution in [3.8, 4) is 5.82 Å². The molecule has 0 bridgehead atoms. The Labute approximate surface area is 107 Å². The average molecular weight is 263 g/mol. The van der Waals surface area contributed by atoms with Gasteiger partial charge in [-0.1, -0.05) is 17.3 Å². The summed E-state index contributed by atoms with van der Waals surface area (Å²) in [5, 5.41) is 8.06. The van der Waals surface area contributed by atoms with E-state index >= 15 is 0 Å². The van der Waals surface area contributed by atoms with Gasteiger partial charge in [0.1, 0.15) is 11.3 Å². The fraction of sp³-hybridized carbons (Fsp3) is 0.0833. The standard InChI is InChI=1S/C12H8ClFN4/c13-6-8-5-9(14)7-15-12(8)18-11-4-2-1-3-10(11)16-17-18/h1-5,7H,6H2. The van der Waals surface area contributed by atoms with Gasteiger partial charge in [-0.25, -0.2) is 9.37 Å². The third-order valence-corrected chi connectivity index (χ3v) is 2.89. The van der Waals surface area contributed by atoms with Crippen LogP contribution in [0.25, 0.3) is 16.9 Å². The van der Waals surface area contributed by atoms with Crippen molar-refractivity contribution < 1.29 is 4.39 Å². The first-order chi connectivity index (χ1) is 8.79. The van der Waals surface area contributed by atoms with Gasteiger partial charge in [0.25, 0.3) is 0 Å². The van der Waals surface area contributed by atoms with E-state index in [9.17, 15) is 4.39 Å².